The fourth-order valence-electron chi connectivity index (χ4n) is 6.87. The van der Waals surface area contributed by atoms with E-state index in [1.165, 1.54) is 38.4 Å². The molecular formula is C46H31NO. The van der Waals surface area contributed by atoms with Gasteiger partial charge in [-0.15, -0.1) is 0 Å². The van der Waals surface area contributed by atoms with Gasteiger partial charge < -0.3 is 9.32 Å². The van der Waals surface area contributed by atoms with E-state index in [2.05, 4.69) is 193 Å². The molecule has 0 fully saturated rings. The number of fused-ring (bicyclic) bond motifs is 5. The molecule has 0 amide bonds. The van der Waals surface area contributed by atoms with Crippen LogP contribution in [0.15, 0.2) is 192 Å². The minimum absolute atomic E-state index is 0.908. The second-order valence-electron chi connectivity index (χ2n) is 12.2. The van der Waals surface area contributed by atoms with Crippen LogP contribution in [0.5, 0.6) is 0 Å². The molecule has 1 aromatic heterocycles. The molecule has 0 unspecified atom stereocenters. The Morgan fingerprint density at radius 3 is 1.54 bits per heavy atom. The lowest BCUT2D eigenvalue weighted by molar-refractivity contribution is 0.669. The predicted octanol–water partition coefficient (Wildman–Crippen LogP) is 13.2. The molecule has 48 heavy (non-hydrogen) atoms. The van der Waals surface area contributed by atoms with Crippen LogP contribution in [0.3, 0.4) is 0 Å². The predicted molar refractivity (Wildman–Crippen MR) is 202 cm³/mol. The third-order valence-electron chi connectivity index (χ3n) is 9.26. The van der Waals surface area contributed by atoms with Gasteiger partial charge in [0.1, 0.15) is 11.2 Å². The average molecular weight is 614 g/mol. The van der Waals surface area contributed by atoms with Gasteiger partial charge in [0.2, 0.25) is 0 Å². The Labute approximate surface area is 279 Å². The Bertz CT molecular complexity index is 2530. The zero-order valence-electron chi connectivity index (χ0n) is 26.3. The first kappa shape index (κ1) is 27.9. The van der Waals surface area contributed by atoms with Gasteiger partial charge in [0, 0.05) is 27.8 Å². The van der Waals surface area contributed by atoms with Crippen molar-refractivity contribution in [1.82, 2.24) is 0 Å². The third-order valence-corrected chi connectivity index (χ3v) is 9.26. The molecule has 8 aromatic carbocycles. The van der Waals surface area contributed by atoms with Crippen LogP contribution in [0.2, 0.25) is 0 Å². The molecule has 226 valence electrons. The van der Waals surface area contributed by atoms with Crippen molar-refractivity contribution >= 4 is 49.8 Å². The Kier molecular flexibility index (Phi) is 6.84. The van der Waals surface area contributed by atoms with Gasteiger partial charge in [-0.3, -0.25) is 0 Å². The van der Waals surface area contributed by atoms with Crippen LogP contribution < -0.4 is 4.90 Å². The van der Waals surface area contributed by atoms with E-state index in [0.717, 1.165) is 44.7 Å². The summed E-state index contributed by atoms with van der Waals surface area (Å²) in [6, 6.07) is 66.9. The van der Waals surface area contributed by atoms with Gasteiger partial charge in [-0.2, -0.15) is 0 Å². The van der Waals surface area contributed by atoms with Crippen molar-refractivity contribution in [3.8, 4) is 33.4 Å². The molecule has 0 aliphatic rings. The van der Waals surface area contributed by atoms with Crippen molar-refractivity contribution in [2.24, 2.45) is 0 Å². The van der Waals surface area contributed by atoms with Crippen LogP contribution >= 0.6 is 0 Å². The fraction of sp³-hybridized carbons (Fsp3) is 0. The molecule has 0 saturated heterocycles. The summed E-state index contributed by atoms with van der Waals surface area (Å²) in [6.07, 6.45) is 0. The molecular weight excluding hydrogens is 583 g/mol. The highest BCUT2D eigenvalue weighted by Gasteiger charge is 2.16. The molecule has 0 bridgehead atoms. The largest absolute Gasteiger partial charge is 0.456 e. The number of hydrogen-bond donors (Lipinski definition) is 0. The van der Waals surface area contributed by atoms with Crippen LogP contribution in [-0.4, -0.2) is 0 Å². The average Bonchev–Trinajstić information content (AvgIpc) is 3.55. The number of furan rings is 1. The van der Waals surface area contributed by atoms with Crippen molar-refractivity contribution in [2.45, 2.75) is 0 Å². The first-order valence-corrected chi connectivity index (χ1v) is 16.3. The molecule has 0 aliphatic heterocycles. The molecule has 0 aliphatic carbocycles. The van der Waals surface area contributed by atoms with Crippen molar-refractivity contribution in [3.05, 3.63) is 188 Å². The van der Waals surface area contributed by atoms with Gasteiger partial charge in [0.05, 0.1) is 0 Å². The smallest absolute Gasteiger partial charge is 0.136 e. The van der Waals surface area contributed by atoms with E-state index >= 15 is 0 Å². The molecule has 2 nitrogen and oxygen atoms in total. The monoisotopic (exact) mass is 613 g/mol. The molecule has 0 saturated carbocycles. The number of benzene rings is 8. The summed E-state index contributed by atoms with van der Waals surface area (Å²) in [6.45, 7) is 0. The number of anilines is 3. The van der Waals surface area contributed by atoms with Crippen LogP contribution in [0.1, 0.15) is 0 Å². The Morgan fingerprint density at radius 2 is 0.833 bits per heavy atom. The Balaban J connectivity index is 1.13. The summed E-state index contributed by atoms with van der Waals surface area (Å²) in [7, 11) is 0. The fourth-order valence-corrected chi connectivity index (χ4v) is 6.87. The first-order chi connectivity index (χ1) is 23.8. The molecule has 0 N–H and O–H groups in total. The van der Waals surface area contributed by atoms with E-state index < -0.39 is 0 Å². The summed E-state index contributed by atoms with van der Waals surface area (Å²) in [5, 5.41) is 4.75. The summed E-state index contributed by atoms with van der Waals surface area (Å²) >= 11 is 0. The van der Waals surface area contributed by atoms with Gasteiger partial charge in [0.15, 0.2) is 0 Å². The Morgan fingerprint density at radius 1 is 0.312 bits per heavy atom. The van der Waals surface area contributed by atoms with E-state index in [1.807, 2.05) is 0 Å². The molecule has 9 rings (SSSR count). The van der Waals surface area contributed by atoms with Gasteiger partial charge in [-0.05, 0) is 98.8 Å². The van der Waals surface area contributed by atoms with E-state index in [-0.39, 0.29) is 0 Å². The lowest BCUT2D eigenvalue weighted by atomic mass is 9.99. The van der Waals surface area contributed by atoms with Crippen LogP contribution in [-0.2, 0) is 0 Å². The summed E-state index contributed by atoms with van der Waals surface area (Å²) in [5.41, 5.74) is 12.2. The van der Waals surface area contributed by atoms with E-state index in [0.29, 0.717) is 0 Å². The van der Waals surface area contributed by atoms with Crippen LogP contribution in [0.25, 0.3) is 66.1 Å². The minimum atomic E-state index is 0.908. The highest BCUT2D eigenvalue weighted by atomic mass is 16.3. The molecule has 0 atom stereocenters. The van der Waals surface area contributed by atoms with Crippen LogP contribution in [0, 0.1) is 0 Å². The molecule has 0 spiro atoms. The lowest BCUT2D eigenvalue weighted by Crippen LogP contribution is -2.10. The van der Waals surface area contributed by atoms with Gasteiger partial charge in [-0.1, -0.05) is 133 Å². The molecule has 1 heterocycles. The van der Waals surface area contributed by atoms with Gasteiger partial charge in [0.25, 0.3) is 0 Å². The van der Waals surface area contributed by atoms with E-state index in [1.54, 1.807) is 0 Å². The number of nitrogens with zero attached hydrogens (tertiary/aromatic N) is 1. The maximum absolute atomic E-state index is 6.27. The Hall–Kier alpha value is -6.38. The quantitative estimate of drug-likeness (QED) is 0.185. The molecule has 0 radical (unpaired) electrons. The maximum atomic E-state index is 6.27. The van der Waals surface area contributed by atoms with E-state index in [9.17, 15) is 0 Å². The van der Waals surface area contributed by atoms with Gasteiger partial charge in [-0.25, -0.2) is 0 Å². The summed E-state index contributed by atoms with van der Waals surface area (Å²) in [4.78, 5) is 2.34. The summed E-state index contributed by atoms with van der Waals surface area (Å²) < 4.78 is 6.27. The second kappa shape index (κ2) is 11.8. The standard InChI is InChI=1S/C46H31NO/c1-3-10-32(11-4-1)34-18-24-39(25-19-34)47(41-16-9-15-37(30-41)33-12-5-2-6-13-33)40-26-20-35(21-27-40)38-23-28-44-43(31-38)46-42-17-8-7-14-36(42)22-29-45(46)48-44/h1-31H. The maximum Gasteiger partial charge on any atom is 0.136 e. The van der Waals surface area contributed by atoms with Gasteiger partial charge >= 0.3 is 0 Å². The van der Waals surface area contributed by atoms with Crippen LogP contribution in [0.4, 0.5) is 17.1 Å². The molecule has 2 heteroatoms. The topological polar surface area (TPSA) is 16.4 Å². The minimum Gasteiger partial charge on any atom is -0.456 e. The van der Waals surface area contributed by atoms with Crippen molar-refractivity contribution in [1.29, 1.82) is 0 Å². The summed E-state index contributed by atoms with van der Waals surface area (Å²) in [5.74, 6) is 0. The highest BCUT2D eigenvalue weighted by molar-refractivity contribution is 6.19. The van der Waals surface area contributed by atoms with Crippen molar-refractivity contribution in [2.75, 3.05) is 4.90 Å². The van der Waals surface area contributed by atoms with Crippen molar-refractivity contribution < 1.29 is 4.42 Å². The first-order valence-electron chi connectivity index (χ1n) is 16.3. The third kappa shape index (κ3) is 5.01. The molecule has 9 aromatic rings. The van der Waals surface area contributed by atoms with Crippen molar-refractivity contribution in [3.63, 3.8) is 0 Å². The lowest BCUT2D eigenvalue weighted by Gasteiger charge is -2.26. The number of rotatable bonds is 6. The zero-order valence-corrected chi connectivity index (χ0v) is 26.3. The second-order valence-corrected chi connectivity index (χ2v) is 12.2. The normalized spacial score (nSPS) is 11.3. The van der Waals surface area contributed by atoms with E-state index in [4.69, 9.17) is 4.42 Å². The number of hydrogen-bond acceptors (Lipinski definition) is 2. The highest BCUT2D eigenvalue weighted by Crippen LogP contribution is 2.40. The SMILES string of the molecule is c1ccc(-c2ccc(N(c3ccc(-c4ccc5oc6ccc7ccccc7c6c5c4)cc3)c3cccc(-c4ccccc4)c3)cc2)cc1. The zero-order chi connectivity index (χ0) is 31.9.